The average Bonchev–Trinajstić information content (AvgIpc) is 2.62. The Hall–Kier alpha value is -2.82. The summed E-state index contributed by atoms with van der Waals surface area (Å²) in [4.78, 5) is 26.1. The summed E-state index contributed by atoms with van der Waals surface area (Å²) in [5, 5.41) is 5.77. The standard InChI is InChI=1S/C20H25N3O2/c1-4-15(2)21-20(25)16-10-12-17(13-11-16)22-19(24)14-23(3)18-8-6-5-7-9-18/h5-13,15H,4,14H2,1-3H3,(H,21,25)(H,22,24). The van der Waals surface area contributed by atoms with Crippen LogP contribution in [0.5, 0.6) is 0 Å². The zero-order valence-corrected chi connectivity index (χ0v) is 15.0. The van der Waals surface area contributed by atoms with Gasteiger partial charge in [-0.3, -0.25) is 9.59 Å². The van der Waals surface area contributed by atoms with Crippen molar-refractivity contribution in [3.05, 3.63) is 60.2 Å². The average molecular weight is 339 g/mol. The molecule has 25 heavy (non-hydrogen) atoms. The first-order valence-corrected chi connectivity index (χ1v) is 8.46. The van der Waals surface area contributed by atoms with Crippen LogP contribution in [0.4, 0.5) is 11.4 Å². The lowest BCUT2D eigenvalue weighted by Crippen LogP contribution is -2.32. The normalized spacial score (nSPS) is 11.5. The maximum Gasteiger partial charge on any atom is 0.251 e. The molecule has 0 aliphatic carbocycles. The molecular formula is C20H25N3O2. The van der Waals surface area contributed by atoms with Crippen LogP contribution in [0.25, 0.3) is 0 Å². The molecule has 2 aromatic rings. The van der Waals surface area contributed by atoms with Crippen LogP contribution in [0, 0.1) is 0 Å². The Labute approximate surface area is 149 Å². The third-order valence-corrected chi connectivity index (χ3v) is 4.00. The lowest BCUT2D eigenvalue weighted by Gasteiger charge is -2.18. The minimum Gasteiger partial charge on any atom is -0.365 e. The summed E-state index contributed by atoms with van der Waals surface area (Å²) in [5.41, 5.74) is 2.24. The number of nitrogens with one attached hydrogen (secondary N) is 2. The molecule has 0 saturated heterocycles. The zero-order chi connectivity index (χ0) is 18.2. The fourth-order valence-electron chi connectivity index (χ4n) is 2.30. The molecule has 0 spiro atoms. The molecule has 5 nitrogen and oxygen atoms in total. The highest BCUT2D eigenvalue weighted by molar-refractivity contribution is 5.96. The van der Waals surface area contributed by atoms with Crippen molar-refractivity contribution >= 4 is 23.2 Å². The number of amides is 2. The van der Waals surface area contributed by atoms with Gasteiger partial charge in [-0.05, 0) is 49.7 Å². The van der Waals surface area contributed by atoms with E-state index in [1.54, 1.807) is 24.3 Å². The number of likely N-dealkylation sites (N-methyl/N-ethyl adjacent to an activating group) is 1. The minimum absolute atomic E-state index is 0.101. The number of anilines is 2. The van der Waals surface area contributed by atoms with Gasteiger partial charge in [0.2, 0.25) is 5.91 Å². The first-order valence-electron chi connectivity index (χ1n) is 8.46. The van der Waals surface area contributed by atoms with E-state index in [-0.39, 0.29) is 24.4 Å². The van der Waals surface area contributed by atoms with Crippen molar-refractivity contribution in [2.45, 2.75) is 26.3 Å². The van der Waals surface area contributed by atoms with E-state index in [1.165, 1.54) is 0 Å². The molecule has 1 unspecified atom stereocenters. The third-order valence-electron chi connectivity index (χ3n) is 4.00. The second-order valence-corrected chi connectivity index (χ2v) is 6.10. The van der Waals surface area contributed by atoms with E-state index in [4.69, 9.17) is 0 Å². The quantitative estimate of drug-likeness (QED) is 0.814. The first kappa shape index (κ1) is 18.5. The second kappa shape index (κ2) is 8.87. The van der Waals surface area contributed by atoms with E-state index < -0.39 is 0 Å². The van der Waals surface area contributed by atoms with Gasteiger partial charge >= 0.3 is 0 Å². The molecule has 0 saturated carbocycles. The predicted molar refractivity (Wildman–Crippen MR) is 102 cm³/mol. The summed E-state index contributed by atoms with van der Waals surface area (Å²) in [5.74, 6) is -0.209. The van der Waals surface area contributed by atoms with E-state index in [9.17, 15) is 9.59 Å². The number of nitrogens with zero attached hydrogens (tertiary/aromatic N) is 1. The molecule has 0 aliphatic heterocycles. The van der Waals surface area contributed by atoms with Crippen molar-refractivity contribution in [1.29, 1.82) is 0 Å². The lowest BCUT2D eigenvalue weighted by molar-refractivity contribution is -0.114. The van der Waals surface area contributed by atoms with Gasteiger partial charge in [-0.2, -0.15) is 0 Å². The molecule has 2 amide bonds. The summed E-state index contributed by atoms with van der Waals surface area (Å²) in [6.07, 6.45) is 0.884. The van der Waals surface area contributed by atoms with E-state index >= 15 is 0 Å². The van der Waals surface area contributed by atoms with Crippen molar-refractivity contribution in [2.24, 2.45) is 0 Å². The molecule has 0 radical (unpaired) electrons. The summed E-state index contributed by atoms with van der Waals surface area (Å²) in [6.45, 7) is 4.24. The maximum atomic E-state index is 12.2. The van der Waals surface area contributed by atoms with Crippen molar-refractivity contribution in [2.75, 3.05) is 23.8 Å². The third kappa shape index (κ3) is 5.64. The largest absolute Gasteiger partial charge is 0.365 e. The Balaban J connectivity index is 1.90. The predicted octanol–water partition coefficient (Wildman–Crippen LogP) is 3.29. The molecule has 0 heterocycles. The van der Waals surface area contributed by atoms with Gasteiger partial charge in [-0.15, -0.1) is 0 Å². The van der Waals surface area contributed by atoms with Crippen molar-refractivity contribution in [3.8, 4) is 0 Å². The first-order chi connectivity index (χ1) is 12.0. The Kier molecular flexibility index (Phi) is 6.57. The fourth-order valence-corrected chi connectivity index (χ4v) is 2.30. The van der Waals surface area contributed by atoms with Crippen LogP contribution in [0.15, 0.2) is 54.6 Å². The Morgan fingerprint density at radius 2 is 1.68 bits per heavy atom. The van der Waals surface area contributed by atoms with Gasteiger partial charge in [-0.25, -0.2) is 0 Å². The van der Waals surface area contributed by atoms with Gasteiger partial charge in [0, 0.05) is 30.0 Å². The van der Waals surface area contributed by atoms with E-state index in [0.29, 0.717) is 11.3 Å². The Morgan fingerprint density at radius 3 is 2.28 bits per heavy atom. The lowest BCUT2D eigenvalue weighted by atomic mass is 10.1. The summed E-state index contributed by atoms with van der Waals surface area (Å²) >= 11 is 0. The number of hydrogen-bond acceptors (Lipinski definition) is 3. The molecule has 0 fully saturated rings. The number of rotatable bonds is 7. The van der Waals surface area contributed by atoms with Crippen LogP contribution < -0.4 is 15.5 Å². The Morgan fingerprint density at radius 1 is 1.04 bits per heavy atom. The van der Waals surface area contributed by atoms with Gasteiger partial charge in [0.05, 0.1) is 6.54 Å². The van der Waals surface area contributed by atoms with Crippen molar-refractivity contribution in [3.63, 3.8) is 0 Å². The van der Waals surface area contributed by atoms with Crippen LogP contribution in [-0.2, 0) is 4.79 Å². The maximum absolute atomic E-state index is 12.2. The van der Waals surface area contributed by atoms with Gasteiger partial charge < -0.3 is 15.5 Å². The summed E-state index contributed by atoms with van der Waals surface area (Å²) < 4.78 is 0. The molecule has 2 aromatic carbocycles. The van der Waals surface area contributed by atoms with E-state index in [2.05, 4.69) is 10.6 Å². The van der Waals surface area contributed by atoms with E-state index in [0.717, 1.165) is 12.1 Å². The van der Waals surface area contributed by atoms with Gasteiger partial charge in [0.25, 0.3) is 5.91 Å². The fraction of sp³-hybridized carbons (Fsp3) is 0.300. The molecule has 0 aliphatic rings. The number of para-hydroxylation sites is 1. The number of hydrogen-bond donors (Lipinski definition) is 2. The smallest absolute Gasteiger partial charge is 0.251 e. The van der Waals surface area contributed by atoms with Crippen molar-refractivity contribution < 1.29 is 9.59 Å². The highest BCUT2D eigenvalue weighted by atomic mass is 16.2. The second-order valence-electron chi connectivity index (χ2n) is 6.10. The van der Waals surface area contributed by atoms with Crippen LogP contribution >= 0.6 is 0 Å². The van der Waals surface area contributed by atoms with Gasteiger partial charge in [0.1, 0.15) is 0 Å². The molecule has 0 aromatic heterocycles. The SMILES string of the molecule is CCC(C)NC(=O)c1ccc(NC(=O)CN(C)c2ccccc2)cc1. The number of carbonyl (C=O) groups is 2. The minimum atomic E-state index is -0.108. The van der Waals surface area contributed by atoms with Crippen LogP contribution in [0.2, 0.25) is 0 Å². The molecule has 1 atom stereocenters. The summed E-state index contributed by atoms with van der Waals surface area (Å²) in [6, 6.07) is 16.8. The highest BCUT2D eigenvalue weighted by Gasteiger charge is 2.10. The van der Waals surface area contributed by atoms with Gasteiger partial charge in [-0.1, -0.05) is 25.1 Å². The van der Waals surface area contributed by atoms with Crippen molar-refractivity contribution in [1.82, 2.24) is 5.32 Å². The number of carbonyl (C=O) groups excluding carboxylic acids is 2. The van der Waals surface area contributed by atoms with E-state index in [1.807, 2.05) is 56.1 Å². The summed E-state index contributed by atoms with van der Waals surface area (Å²) in [7, 11) is 1.87. The molecular weight excluding hydrogens is 314 g/mol. The molecule has 5 heteroatoms. The molecule has 132 valence electrons. The topological polar surface area (TPSA) is 61.4 Å². The molecule has 0 bridgehead atoms. The molecule has 2 N–H and O–H groups in total. The Bertz CT molecular complexity index is 699. The number of benzene rings is 2. The van der Waals surface area contributed by atoms with Gasteiger partial charge in [0.15, 0.2) is 0 Å². The zero-order valence-electron chi connectivity index (χ0n) is 15.0. The van der Waals surface area contributed by atoms with Crippen LogP contribution in [-0.4, -0.2) is 31.4 Å². The van der Waals surface area contributed by atoms with Crippen LogP contribution in [0.3, 0.4) is 0 Å². The monoisotopic (exact) mass is 339 g/mol. The van der Waals surface area contributed by atoms with Crippen LogP contribution in [0.1, 0.15) is 30.6 Å². The highest BCUT2D eigenvalue weighted by Crippen LogP contribution is 2.12. The molecule has 2 rings (SSSR count).